The highest BCUT2D eigenvalue weighted by Crippen LogP contribution is 2.37. The van der Waals surface area contributed by atoms with E-state index in [1.54, 1.807) is 23.6 Å². The molecule has 0 aliphatic carbocycles. The topological polar surface area (TPSA) is 116 Å². The van der Waals surface area contributed by atoms with E-state index in [1.807, 2.05) is 0 Å². The lowest BCUT2D eigenvalue weighted by Gasteiger charge is -2.17. The second kappa shape index (κ2) is 10.8. The lowest BCUT2D eigenvalue weighted by molar-refractivity contribution is -0.123. The average Bonchev–Trinajstić information content (AvgIpc) is 3.35. The number of rotatable bonds is 8. The molecule has 3 aromatic rings. The van der Waals surface area contributed by atoms with Gasteiger partial charge in [0.05, 0.1) is 35.4 Å². The summed E-state index contributed by atoms with van der Waals surface area (Å²) in [7, 11) is 2.81. The number of hydrogen-bond donors (Lipinski definition) is 2. The molecule has 0 spiro atoms. The summed E-state index contributed by atoms with van der Waals surface area (Å²) in [5.74, 6) is -1.05. The smallest absolute Gasteiger partial charge is 0.339 e. The van der Waals surface area contributed by atoms with Crippen molar-refractivity contribution >= 4 is 52.2 Å². The summed E-state index contributed by atoms with van der Waals surface area (Å²) in [4.78, 5) is 42.1. The quantitative estimate of drug-likeness (QED) is 0.454. The Labute approximate surface area is 198 Å². The molecule has 2 aromatic heterocycles. The number of nitrogens with zero attached hydrogens (tertiary/aromatic N) is 1. The van der Waals surface area contributed by atoms with Crippen molar-refractivity contribution in [2.24, 2.45) is 0 Å². The summed E-state index contributed by atoms with van der Waals surface area (Å²) < 4.78 is 15.9. The molecule has 33 heavy (non-hydrogen) atoms. The lowest BCUT2D eigenvalue weighted by atomic mass is 10.1. The number of esters is 1. The Bertz CT molecular complexity index is 1150. The molecular weight excluding hydrogens is 470 g/mol. The van der Waals surface area contributed by atoms with Gasteiger partial charge in [-0.3, -0.25) is 9.59 Å². The van der Waals surface area contributed by atoms with E-state index in [2.05, 4.69) is 15.6 Å². The fraction of sp³-hybridized carbons (Fsp3) is 0.182. The van der Waals surface area contributed by atoms with Crippen LogP contribution in [0.25, 0.3) is 0 Å². The van der Waals surface area contributed by atoms with Gasteiger partial charge < -0.3 is 24.8 Å². The van der Waals surface area contributed by atoms with Gasteiger partial charge in [-0.15, -0.1) is 11.3 Å². The molecule has 0 radical (unpaired) electrons. The van der Waals surface area contributed by atoms with Gasteiger partial charge in [-0.25, -0.2) is 9.78 Å². The summed E-state index contributed by atoms with van der Waals surface area (Å²) in [6, 6.07) is 9.28. The third-order valence-corrected chi connectivity index (χ3v) is 5.43. The second-order valence-corrected chi connectivity index (χ2v) is 7.97. The first kappa shape index (κ1) is 24.0. The van der Waals surface area contributed by atoms with Crippen molar-refractivity contribution in [1.29, 1.82) is 0 Å². The van der Waals surface area contributed by atoms with Gasteiger partial charge in [0.25, 0.3) is 11.8 Å². The number of pyridine rings is 1. The zero-order chi connectivity index (χ0) is 24.0. The lowest BCUT2D eigenvalue weighted by Crippen LogP contribution is -2.30. The van der Waals surface area contributed by atoms with Crippen LogP contribution in [0.2, 0.25) is 5.02 Å². The van der Waals surface area contributed by atoms with Crippen LogP contribution in [0, 0.1) is 0 Å². The maximum Gasteiger partial charge on any atom is 0.339 e. The van der Waals surface area contributed by atoms with Crippen molar-refractivity contribution in [2.45, 2.75) is 13.0 Å². The summed E-state index contributed by atoms with van der Waals surface area (Å²) in [5, 5.41) is 7.43. The third-order valence-electron chi connectivity index (χ3n) is 4.34. The van der Waals surface area contributed by atoms with Crippen molar-refractivity contribution in [3.8, 4) is 11.5 Å². The number of methoxy groups -OCH3 is 2. The molecule has 1 aromatic carbocycles. The van der Waals surface area contributed by atoms with Crippen LogP contribution in [0.5, 0.6) is 11.5 Å². The predicted octanol–water partition coefficient (Wildman–Crippen LogP) is 4.25. The zero-order valence-corrected chi connectivity index (χ0v) is 19.5. The molecule has 0 saturated carbocycles. The highest BCUT2D eigenvalue weighted by atomic mass is 35.5. The minimum Gasteiger partial charge on any atom is -0.493 e. The first-order valence-electron chi connectivity index (χ1n) is 9.56. The Morgan fingerprint density at radius 1 is 1.09 bits per heavy atom. The highest BCUT2D eigenvalue weighted by molar-refractivity contribution is 7.12. The average molecular weight is 490 g/mol. The number of thiophene rings is 1. The van der Waals surface area contributed by atoms with Gasteiger partial charge in [-0.05, 0) is 42.6 Å². The maximum absolute atomic E-state index is 12.7. The van der Waals surface area contributed by atoms with Gasteiger partial charge in [-0.1, -0.05) is 17.7 Å². The van der Waals surface area contributed by atoms with Crippen LogP contribution in [0.3, 0.4) is 0 Å². The molecule has 2 heterocycles. The molecule has 3 rings (SSSR count). The number of aromatic nitrogens is 1. The van der Waals surface area contributed by atoms with Gasteiger partial charge in [0.1, 0.15) is 5.82 Å². The largest absolute Gasteiger partial charge is 0.493 e. The Morgan fingerprint density at radius 3 is 2.48 bits per heavy atom. The van der Waals surface area contributed by atoms with Gasteiger partial charge in [-0.2, -0.15) is 0 Å². The van der Waals surface area contributed by atoms with E-state index in [9.17, 15) is 14.4 Å². The van der Waals surface area contributed by atoms with Crippen LogP contribution in [0.15, 0.2) is 48.0 Å². The normalized spacial score (nSPS) is 11.3. The second-order valence-electron chi connectivity index (χ2n) is 6.59. The predicted molar refractivity (Wildman–Crippen MR) is 125 cm³/mol. The molecule has 0 aliphatic rings. The highest BCUT2D eigenvalue weighted by Gasteiger charge is 2.23. The molecule has 0 saturated heterocycles. The van der Waals surface area contributed by atoms with E-state index >= 15 is 0 Å². The Hall–Kier alpha value is -3.63. The molecule has 2 N–H and O–H groups in total. The molecule has 1 atom stereocenters. The molecule has 0 unspecified atom stereocenters. The fourth-order valence-corrected chi connectivity index (χ4v) is 3.46. The molecule has 0 aliphatic heterocycles. The van der Waals surface area contributed by atoms with E-state index in [1.165, 1.54) is 56.9 Å². The number of amides is 2. The van der Waals surface area contributed by atoms with E-state index < -0.39 is 18.0 Å². The number of hydrogen-bond acceptors (Lipinski definition) is 8. The van der Waals surface area contributed by atoms with Gasteiger partial charge in [0.15, 0.2) is 17.6 Å². The van der Waals surface area contributed by atoms with Crippen molar-refractivity contribution in [3.63, 3.8) is 0 Å². The van der Waals surface area contributed by atoms with Crippen LogP contribution in [-0.4, -0.2) is 43.1 Å². The van der Waals surface area contributed by atoms with Crippen molar-refractivity contribution in [2.75, 3.05) is 24.9 Å². The molecule has 11 heteroatoms. The first-order chi connectivity index (χ1) is 15.8. The Kier molecular flexibility index (Phi) is 7.86. The number of nitrogens with one attached hydrogen (secondary N) is 2. The molecule has 172 valence electrons. The third kappa shape index (κ3) is 5.99. The molecule has 0 bridgehead atoms. The molecular formula is C22H20ClN3O6S. The summed E-state index contributed by atoms with van der Waals surface area (Å²) >= 11 is 7.04. The van der Waals surface area contributed by atoms with Gasteiger partial charge in [0.2, 0.25) is 0 Å². The Balaban J connectivity index is 1.77. The van der Waals surface area contributed by atoms with Crippen LogP contribution in [0.1, 0.15) is 27.0 Å². The fourth-order valence-electron chi connectivity index (χ4n) is 2.73. The monoisotopic (exact) mass is 489 g/mol. The van der Waals surface area contributed by atoms with Crippen molar-refractivity contribution in [1.82, 2.24) is 4.98 Å². The van der Waals surface area contributed by atoms with Crippen LogP contribution < -0.4 is 20.1 Å². The van der Waals surface area contributed by atoms with E-state index in [0.29, 0.717) is 9.90 Å². The first-order valence-corrected chi connectivity index (χ1v) is 10.8. The maximum atomic E-state index is 12.7. The number of anilines is 2. The van der Waals surface area contributed by atoms with Crippen molar-refractivity contribution < 1.29 is 28.6 Å². The van der Waals surface area contributed by atoms with Crippen LogP contribution in [-0.2, 0) is 9.53 Å². The SMILES string of the molecule is COc1cc(C(=O)O[C@@H](C)C(=O)Nc2ccc(Cl)cn2)cc(NC(=O)c2cccs2)c1OC. The van der Waals surface area contributed by atoms with Crippen molar-refractivity contribution in [3.05, 3.63) is 63.4 Å². The number of halogens is 1. The number of carbonyl (C=O) groups is 3. The summed E-state index contributed by atoms with van der Waals surface area (Å²) in [6.45, 7) is 1.42. The standard InChI is InChI=1S/C22H20ClN3O6S/c1-12(20(27)26-18-7-6-14(23)11-24-18)32-22(29)13-9-15(19(31-3)16(10-13)30-2)25-21(28)17-5-4-8-33-17/h4-12H,1-3H3,(H,25,28)(H,24,26,27)/t12-/m0/s1. The molecule has 9 nitrogen and oxygen atoms in total. The van der Waals surface area contributed by atoms with Gasteiger partial charge in [0, 0.05) is 6.20 Å². The van der Waals surface area contributed by atoms with Crippen LogP contribution in [0.4, 0.5) is 11.5 Å². The van der Waals surface area contributed by atoms with E-state index in [-0.39, 0.29) is 34.5 Å². The summed E-state index contributed by atoms with van der Waals surface area (Å²) in [6.07, 6.45) is 0.246. The van der Waals surface area contributed by atoms with Gasteiger partial charge >= 0.3 is 5.97 Å². The van der Waals surface area contributed by atoms with E-state index in [4.69, 9.17) is 25.8 Å². The minimum atomic E-state index is -1.13. The minimum absolute atomic E-state index is 0.0541. The Morgan fingerprint density at radius 2 is 1.88 bits per heavy atom. The number of ether oxygens (including phenoxy) is 3. The van der Waals surface area contributed by atoms with E-state index in [0.717, 1.165) is 0 Å². The molecule has 2 amide bonds. The number of carbonyl (C=O) groups excluding carboxylic acids is 3. The molecule has 0 fully saturated rings. The zero-order valence-electron chi connectivity index (χ0n) is 17.9. The van der Waals surface area contributed by atoms with Crippen LogP contribution >= 0.6 is 22.9 Å². The summed E-state index contributed by atoms with van der Waals surface area (Å²) in [5.41, 5.74) is 0.267. The number of benzene rings is 1.